The van der Waals surface area contributed by atoms with E-state index in [1.54, 1.807) is 15.8 Å². The van der Waals surface area contributed by atoms with Crippen molar-refractivity contribution in [2.24, 2.45) is 5.92 Å². The highest BCUT2D eigenvalue weighted by molar-refractivity contribution is 7.13. The van der Waals surface area contributed by atoms with Gasteiger partial charge in [0.25, 0.3) is 5.91 Å². The summed E-state index contributed by atoms with van der Waals surface area (Å²) in [5, 5.41) is 13.4. The third-order valence-electron chi connectivity index (χ3n) is 4.94. The first-order valence-electron chi connectivity index (χ1n) is 10.1. The van der Waals surface area contributed by atoms with Crippen molar-refractivity contribution in [1.29, 1.82) is 0 Å². The number of hydrogen-bond donors (Lipinski definition) is 1. The second-order valence-corrected chi connectivity index (χ2v) is 9.22. The summed E-state index contributed by atoms with van der Waals surface area (Å²) in [4.78, 5) is 31.6. The molecule has 0 saturated carbocycles. The topological polar surface area (TPSA) is 97.3 Å². The Hall–Kier alpha value is -2.85. The maximum absolute atomic E-state index is 12.9. The Morgan fingerprint density at radius 2 is 1.90 bits per heavy atom. The lowest BCUT2D eigenvalue weighted by atomic mass is 9.96. The van der Waals surface area contributed by atoms with Gasteiger partial charge in [-0.05, 0) is 51.0 Å². The van der Waals surface area contributed by atoms with Crippen LogP contribution in [-0.4, -0.2) is 51.1 Å². The standard InChI is InChI=1S/C21H23N5O3S2/c1-13(2)29-16-5-3-15(4-6-16)19-23-17(11-30-19)20(28)26-9-7-14(8-10-26)18(27)24-21-25-22-12-31-21/h3-6,11-14H,7-10H2,1-2H3,(H,24,25,27). The Morgan fingerprint density at radius 3 is 2.55 bits per heavy atom. The first-order chi connectivity index (χ1) is 15.0. The van der Waals surface area contributed by atoms with Gasteiger partial charge in [0.2, 0.25) is 11.0 Å². The van der Waals surface area contributed by atoms with E-state index in [1.807, 2.05) is 38.1 Å². The van der Waals surface area contributed by atoms with Crippen molar-refractivity contribution in [2.75, 3.05) is 18.4 Å². The van der Waals surface area contributed by atoms with Gasteiger partial charge in [-0.3, -0.25) is 9.59 Å². The molecule has 31 heavy (non-hydrogen) atoms. The number of aromatic nitrogens is 3. The van der Waals surface area contributed by atoms with Gasteiger partial charge in [-0.1, -0.05) is 11.3 Å². The summed E-state index contributed by atoms with van der Waals surface area (Å²) in [5.74, 6) is 0.519. The summed E-state index contributed by atoms with van der Waals surface area (Å²) in [6, 6.07) is 7.73. The van der Waals surface area contributed by atoms with Gasteiger partial charge in [0, 0.05) is 30.0 Å². The molecule has 2 aromatic heterocycles. The van der Waals surface area contributed by atoms with E-state index >= 15 is 0 Å². The maximum Gasteiger partial charge on any atom is 0.273 e. The molecule has 2 amide bonds. The number of carbonyl (C=O) groups excluding carboxylic acids is 2. The molecule has 0 aliphatic carbocycles. The second-order valence-electron chi connectivity index (χ2n) is 7.53. The molecule has 8 nitrogen and oxygen atoms in total. The highest BCUT2D eigenvalue weighted by atomic mass is 32.1. The molecule has 3 heterocycles. The first kappa shape index (κ1) is 21.4. The summed E-state index contributed by atoms with van der Waals surface area (Å²) < 4.78 is 5.67. The Balaban J connectivity index is 1.33. The summed E-state index contributed by atoms with van der Waals surface area (Å²) >= 11 is 2.74. The summed E-state index contributed by atoms with van der Waals surface area (Å²) in [5.41, 5.74) is 2.97. The van der Waals surface area contributed by atoms with Crippen LogP contribution in [0, 0.1) is 5.92 Å². The van der Waals surface area contributed by atoms with Crippen molar-refractivity contribution < 1.29 is 14.3 Å². The third kappa shape index (κ3) is 5.26. The molecule has 4 rings (SSSR count). The van der Waals surface area contributed by atoms with Crippen LogP contribution in [0.5, 0.6) is 5.75 Å². The molecule has 1 aromatic carbocycles. The highest BCUT2D eigenvalue weighted by Gasteiger charge is 2.29. The molecule has 0 radical (unpaired) electrons. The minimum atomic E-state index is -0.134. The van der Waals surface area contributed by atoms with E-state index in [0.717, 1.165) is 16.3 Å². The SMILES string of the molecule is CC(C)Oc1ccc(-c2nc(C(=O)N3CCC(C(=O)Nc4nncs4)CC3)cs2)cc1. The van der Waals surface area contributed by atoms with E-state index in [2.05, 4.69) is 20.5 Å². The van der Waals surface area contributed by atoms with Gasteiger partial charge in [0.1, 0.15) is 22.0 Å². The lowest BCUT2D eigenvalue weighted by Crippen LogP contribution is -2.41. The van der Waals surface area contributed by atoms with Gasteiger partial charge in [-0.2, -0.15) is 0 Å². The molecule has 1 aliphatic heterocycles. The van der Waals surface area contributed by atoms with Crippen LogP contribution >= 0.6 is 22.7 Å². The molecule has 0 unspecified atom stereocenters. The van der Waals surface area contributed by atoms with Gasteiger partial charge in [-0.15, -0.1) is 21.5 Å². The van der Waals surface area contributed by atoms with E-state index in [0.29, 0.717) is 36.8 Å². The zero-order chi connectivity index (χ0) is 21.8. The molecular formula is C21H23N5O3S2. The summed E-state index contributed by atoms with van der Waals surface area (Å²) in [6.45, 7) is 5.03. The van der Waals surface area contributed by atoms with Crippen LogP contribution < -0.4 is 10.1 Å². The number of nitrogens with one attached hydrogen (secondary N) is 1. The zero-order valence-corrected chi connectivity index (χ0v) is 18.9. The quantitative estimate of drug-likeness (QED) is 0.602. The smallest absolute Gasteiger partial charge is 0.273 e. The molecule has 3 aromatic rings. The molecule has 10 heteroatoms. The van der Waals surface area contributed by atoms with Crippen LogP contribution in [0.4, 0.5) is 5.13 Å². The number of likely N-dealkylation sites (tertiary alicyclic amines) is 1. The fourth-order valence-corrected chi connectivity index (χ4v) is 4.64. The number of piperidine rings is 1. The number of anilines is 1. The molecule has 1 saturated heterocycles. The van der Waals surface area contributed by atoms with Crippen LogP contribution in [0.3, 0.4) is 0 Å². The van der Waals surface area contributed by atoms with Crippen molar-refractivity contribution in [3.8, 4) is 16.3 Å². The summed E-state index contributed by atoms with van der Waals surface area (Å²) in [7, 11) is 0. The molecule has 1 N–H and O–H groups in total. The Labute approximate surface area is 188 Å². The lowest BCUT2D eigenvalue weighted by Gasteiger charge is -2.30. The van der Waals surface area contributed by atoms with Gasteiger partial charge in [0.15, 0.2) is 0 Å². The number of ether oxygens (including phenoxy) is 1. The molecule has 1 aliphatic rings. The monoisotopic (exact) mass is 457 g/mol. The van der Waals surface area contributed by atoms with Gasteiger partial charge in [-0.25, -0.2) is 4.98 Å². The van der Waals surface area contributed by atoms with Crippen LogP contribution in [-0.2, 0) is 4.79 Å². The zero-order valence-electron chi connectivity index (χ0n) is 17.3. The van der Waals surface area contributed by atoms with Crippen molar-refractivity contribution >= 4 is 39.6 Å². The van der Waals surface area contributed by atoms with E-state index in [-0.39, 0.29) is 23.8 Å². The molecular weight excluding hydrogens is 434 g/mol. The van der Waals surface area contributed by atoms with Gasteiger partial charge in [0.05, 0.1) is 6.10 Å². The number of nitrogens with zero attached hydrogens (tertiary/aromatic N) is 4. The van der Waals surface area contributed by atoms with E-state index in [4.69, 9.17) is 4.74 Å². The number of benzene rings is 1. The molecule has 1 fully saturated rings. The number of rotatable bonds is 6. The number of thiazole rings is 1. The molecule has 0 spiro atoms. The fourth-order valence-electron chi connectivity index (χ4n) is 3.39. The molecule has 0 atom stereocenters. The first-order valence-corrected chi connectivity index (χ1v) is 11.8. The van der Waals surface area contributed by atoms with Crippen molar-refractivity contribution in [1.82, 2.24) is 20.1 Å². The normalized spacial score (nSPS) is 14.6. The third-order valence-corrected chi connectivity index (χ3v) is 6.44. The lowest BCUT2D eigenvalue weighted by molar-refractivity contribution is -0.121. The minimum absolute atomic E-state index is 0.0651. The van der Waals surface area contributed by atoms with E-state index < -0.39 is 0 Å². The molecule has 0 bridgehead atoms. The second kappa shape index (κ2) is 9.52. The molecule has 162 valence electrons. The Kier molecular flexibility index (Phi) is 6.57. The number of amides is 2. The number of hydrogen-bond acceptors (Lipinski definition) is 8. The fraction of sp³-hybridized carbons (Fsp3) is 0.381. The largest absolute Gasteiger partial charge is 0.491 e. The van der Waals surface area contributed by atoms with E-state index in [9.17, 15) is 9.59 Å². The van der Waals surface area contributed by atoms with Crippen molar-refractivity contribution in [3.05, 3.63) is 40.8 Å². The van der Waals surface area contributed by atoms with Crippen LogP contribution in [0.25, 0.3) is 10.6 Å². The van der Waals surface area contributed by atoms with Crippen molar-refractivity contribution in [3.63, 3.8) is 0 Å². The summed E-state index contributed by atoms with van der Waals surface area (Å²) in [6.07, 6.45) is 1.35. The number of carbonyl (C=O) groups is 2. The van der Waals surface area contributed by atoms with Crippen LogP contribution in [0.2, 0.25) is 0 Å². The predicted molar refractivity (Wildman–Crippen MR) is 120 cm³/mol. The Morgan fingerprint density at radius 1 is 1.16 bits per heavy atom. The van der Waals surface area contributed by atoms with E-state index in [1.165, 1.54) is 22.7 Å². The highest BCUT2D eigenvalue weighted by Crippen LogP contribution is 2.27. The van der Waals surface area contributed by atoms with Gasteiger partial charge >= 0.3 is 0 Å². The Bertz CT molecular complexity index is 1030. The van der Waals surface area contributed by atoms with Crippen molar-refractivity contribution in [2.45, 2.75) is 32.8 Å². The minimum Gasteiger partial charge on any atom is -0.491 e. The predicted octanol–water partition coefficient (Wildman–Crippen LogP) is 3.94. The van der Waals surface area contributed by atoms with Crippen LogP contribution in [0.1, 0.15) is 37.2 Å². The average molecular weight is 458 g/mol. The van der Waals surface area contributed by atoms with Gasteiger partial charge < -0.3 is 15.0 Å². The van der Waals surface area contributed by atoms with Crippen LogP contribution in [0.15, 0.2) is 35.2 Å². The average Bonchev–Trinajstić information content (AvgIpc) is 3.46. The maximum atomic E-state index is 12.9.